The molecule has 1 unspecified atom stereocenters. The summed E-state index contributed by atoms with van der Waals surface area (Å²) >= 11 is 1.59. The Kier molecular flexibility index (Phi) is 6.24. The fourth-order valence-electron chi connectivity index (χ4n) is 2.65. The molecule has 2 rings (SSSR count). The van der Waals surface area contributed by atoms with E-state index >= 15 is 0 Å². The van der Waals surface area contributed by atoms with Crippen molar-refractivity contribution in [2.75, 3.05) is 25.2 Å². The molecular formula is C16H22F2N2O2S. The molecule has 128 valence electrons. The van der Waals surface area contributed by atoms with Crippen molar-refractivity contribution in [3.8, 4) is 0 Å². The van der Waals surface area contributed by atoms with E-state index in [1.165, 1.54) is 12.1 Å². The first kappa shape index (κ1) is 18.0. The lowest BCUT2D eigenvalue weighted by Gasteiger charge is -2.20. The molecular weight excluding hydrogens is 322 g/mol. The molecule has 1 aliphatic carbocycles. The van der Waals surface area contributed by atoms with Crippen LogP contribution in [-0.4, -0.2) is 42.3 Å². The van der Waals surface area contributed by atoms with E-state index in [0.717, 1.165) is 18.9 Å². The molecule has 1 aromatic rings. The summed E-state index contributed by atoms with van der Waals surface area (Å²) in [5, 5.41) is 14.6. The van der Waals surface area contributed by atoms with Crippen molar-refractivity contribution >= 4 is 17.8 Å². The molecule has 0 bridgehead atoms. The van der Waals surface area contributed by atoms with Crippen molar-refractivity contribution in [3.63, 3.8) is 0 Å². The molecule has 1 fully saturated rings. The van der Waals surface area contributed by atoms with Gasteiger partial charge in [0, 0.05) is 36.4 Å². The average molecular weight is 344 g/mol. The van der Waals surface area contributed by atoms with Gasteiger partial charge in [0.05, 0.1) is 0 Å². The van der Waals surface area contributed by atoms with Crippen LogP contribution >= 0.6 is 11.8 Å². The summed E-state index contributed by atoms with van der Waals surface area (Å²) in [5.41, 5.74) is 0.0244. The van der Waals surface area contributed by atoms with Gasteiger partial charge in [-0.25, -0.2) is 13.6 Å². The Hall–Kier alpha value is -1.34. The lowest BCUT2D eigenvalue weighted by atomic mass is 9.95. The van der Waals surface area contributed by atoms with Gasteiger partial charge in [0.1, 0.15) is 11.6 Å². The minimum absolute atomic E-state index is 0.0102. The first-order valence-corrected chi connectivity index (χ1v) is 9.00. The number of thioether (sulfide) groups is 1. The number of aliphatic hydroxyl groups excluding tert-OH is 1. The van der Waals surface area contributed by atoms with Gasteiger partial charge in [-0.1, -0.05) is 6.07 Å². The Morgan fingerprint density at radius 1 is 1.43 bits per heavy atom. The second kappa shape index (κ2) is 7.97. The smallest absolute Gasteiger partial charge is 0.315 e. The fraction of sp³-hybridized carbons (Fsp3) is 0.562. The predicted molar refractivity (Wildman–Crippen MR) is 87.7 cm³/mol. The van der Waals surface area contributed by atoms with Crippen molar-refractivity contribution < 1.29 is 18.7 Å². The van der Waals surface area contributed by atoms with Crippen LogP contribution in [0.4, 0.5) is 13.6 Å². The van der Waals surface area contributed by atoms with E-state index < -0.39 is 17.0 Å². The molecule has 7 heteroatoms. The molecule has 1 aromatic carbocycles. The quantitative estimate of drug-likeness (QED) is 0.679. The number of hydrogen-bond acceptors (Lipinski definition) is 3. The highest BCUT2D eigenvalue weighted by molar-refractivity contribution is 7.98. The number of carbonyl (C=O) groups is 1. The zero-order valence-electron chi connectivity index (χ0n) is 13.1. The van der Waals surface area contributed by atoms with Crippen molar-refractivity contribution in [1.82, 2.24) is 10.6 Å². The zero-order valence-corrected chi connectivity index (χ0v) is 13.9. The minimum Gasteiger partial charge on any atom is -0.396 e. The lowest BCUT2D eigenvalue weighted by molar-refractivity contribution is 0.230. The molecule has 0 saturated heterocycles. The first-order chi connectivity index (χ1) is 11.0. The van der Waals surface area contributed by atoms with E-state index in [0.29, 0.717) is 24.3 Å². The number of benzene rings is 1. The fourth-order valence-corrected chi connectivity index (χ4v) is 3.30. The lowest BCUT2D eigenvalue weighted by Crippen LogP contribution is -2.46. The Morgan fingerprint density at radius 3 is 2.74 bits per heavy atom. The van der Waals surface area contributed by atoms with Crippen molar-refractivity contribution in [1.29, 1.82) is 0 Å². The number of carbonyl (C=O) groups excluding carboxylic acids is 1. The van der Waals surface area contributed by atoms with Crippen molar-refractivity contribution in [2.24, 2.45) is 0 Å². The van der Waals surface area contributed by atoms with Crippen LogP contribution in [-0.2, 0) is 5.41 Å². The number of nitrogens with one attached hydrogen (secondary N) is 2. The second-order valence-corrected chi connectivity index (χ2v) is 6.81. The maximum atomic E-state index is 13.9. The monoisotopic (exact) mass is 344 g/mol. The van der Waals surface area contributed by atoms with E-state index in [-0.39, 0.29) is 18.7 Å². The van der Waals surface area contributed by atoms with Crippen LogP contribution in [0.25, 0.3) is 0 Å². The molecule has 3 N–H and O–H groups in total. The Labute approximate surface area is 139 Å². The predicted octanol–water partition coefficient (Wildman–Crippen LogP) is 2.41. The van der Waals surface area contributed by atoms with Gasteiger partial charge in [0.25, 0.3) is 0 Å². The molecule has 1 atom stereocenters. The van der Waals surface area contributed by atoms with E-state index in [2.05, 4.69) is 10.6 Å². The van der Waals surface area contributed by atoms with Crippen molar-refractivity contribution in [3.05, 3.63) is 35.4 Å². The van der Waals surface area contributed by atoms with Crippen LogP contribution in [0.5, 0.6) is 0 Å². The van der Waals surface area contributed by atoms with E-state index in [1.54, 1.807) is 11.8 Å². The van der Waals surface area contributed by atoms with E-state index in [9.17, 15) is 13.6 Å². The third-order valence-electron chi connectivity index (χ3n) is 4.12. The molecule has 23 heavy (non-hydrogen) atoms. The average Bonchev–Trinajstić information content (AvgIpc) is 3.26. The molecule has 2 amide bonds. The molecule has 0 aromatic heterocycles. The third-order valence-corrected chi connectivity index (χ3v) is 4.86. The summed E-state index contributed by atoms with van der Waals surface area (Å²) in [7, 11) is 0. The summed E-state index contributed by atoms with van der Waals surface area (Å²) in [6, 6.07) is 3.15. The normalized spacial score (nSPS) is 16.7. The van der Waals surface area contributed by atoms with Gasteiger partial charge in [-0.3, -0.25) is 0 Å². The molecule has 1 aliphatic rings. The van der Waals surface area contributed by atoms with Gasteiger partial charge in [-0.05, 0) is 37.1 Å². The molecule has 1 saturated carbocycles. The van der Waals surface area contributed by atoms with Gasteiger partial charge >= 0.3 is 6.03 Å². The van der Waals surface area contributed by atoms with E-state index in [4.69, 9.17) is 5.11 Å². The summed E-state index contributed by atoms with van der Waals surface area (Å²) in [5.74, 6) is -0.451. The highest BCUT2D eigenvalue weighted by Crippen LogP contribution is 2.48. The number of aliphatic hydroxyl groups is 1. The second-order valence-electron chi connectivity index (χ2n) is 5.90. The Bertz CT molecular complexity index is 547. The number of rotatable bonds is 8. The summed E-state index contributed by atoms with van der Waals surface area (Å²) < 4.78 is 26.9. The Morgan fingerprint density at radius 2 is 2.17 bits per heavy atom. The number of amides is 2. The maximum absolute atomic E-state index is 13.9. The van der Waals surface area contributed by atoms with Crippen LogP contribution in [0.3, 0.4) is 0 Å². The number of halogens is 2. The number of urea groups is 1. The van der Waals surface area contributed by atoms with Gasteiger partial charge < -0.3 is 15.7 Å². The topological polar surface area (TPSA) is 61.4 Å². The standard InChI is InChI=1S/C16H22F2N2O2S/c1-23-9-12(4-7-21)20-15(22)19-10-16(5-6-16)13-3-2-11(17)8-14(13)18/h2-3,8,12,21H,4-7,9-10H2,1H3,(H2,19,20,22). The van der Waals surface area contributed by atoms with Crippen LogP contribution in [0.1, 0.15) is 24.8 Å². The van der Waals surface area contributed by atoms with Crippen LogP contribution in [0.2, 0.25) is 0 Å². The first-order valence-electron chi connectivity index (χ1n) is 7.60. The minimum atomic E-state index is -0.600. The largest absolute Gasteiger partial charge is 0.396 e. The van der Waals surface area contributed by atoms with Crippen LogP contribution in [0, 0.1) is 11.6 Å². The SMILES string of the molecule is CSCC(CCO)NC(=O)NCC1(c2ccc(F)cc2F)CC1. The molecule has 0 radical (unpaired) electrons. The number of hydrogen-bond donors (Lipinski definition) is 3. The van der Waals surface area contributed by atoms with Crippen molar-refractivity contribution in [2.45, 2.75) is 30.7 Å². The van der Waals surface area contributed by atoms with E-state index in [1.807, 2.05) is 6.26 Å². The maximum Gasteiger partial charge on any atom is 0.315 e. The highest BCUT2D eigenvalue weighted by atomic mass is 32.2. The third kappa shape index (κ3) is 4.81. The summed E-state index contributed by atoms with van der Waals surface area (Å²) in [6.45, 7) is 0.322. The molecule has 0 spiro atoms. The summed E-state index contributed by atoms with van der Waals surface area (Å²) in [4.78, 5) is 12.0. The summed E-state index contributed by atoms with van der Waals surface area (Å²) in [6.07, 6.45) is 3.95. The van der Waals surface area contributed by atoms with Gasteiger partial charge in [0.15, 0.2) is 0 Å². The van der Waals surface area contributed by atoms with Gasteiger partial charge in [-0.2, -0.15) is 11.8 Å². The molecule has 4 nitrogen and oxygen atoms in total. The van der Waals surface area contributed by atoms with Crippen LogP contribution in [0.15, 0.2) is 18.2 Å². The van der Waals surface area contributed by atoms with Gasteiger partial charge in [0.2, 0.25) is 0 Å². The molecule has 0 aliphatic heterocycles. The highest BCUT2D eigenvalue weighted by Gasteiger charge is 2.46. The Balaban J connectivity index is 1.90. The zero-order chi connectivity index (χ0) is 16.9. The van der Waals surface area contributed by atoms with Crippen LogP contribution < -0.4 is 10.6 Å². The van der Waals surface area contributed by atoms with Gasteiger partial charge in [-0.15, -0.1) is 0 Å². The molecule has 0 heterocycles.